The third-order valence-electron chi connectivity index (χ3n) is 3.35. The number of alkyl halides is 3. The van der Waals surface area contributed by atoms with Gasteiger partial charge in [-0.3, -0.25) is 4.79 Å². The number of hydrogen-bond donors (Lipinski definition) is 1. The molecular weight excluding hydrogens is 293 g/mol. The normalized spacial score (nSPS) is 11.8. The number of aryl methyl sites for hydroxylation is 1. The lowest BCUT2D eigenvalue weighted by Crippen LogP contribution is -2.09. The van der Waals surface area contributed by atoms with E-state index in [1.165, 1.54) is 6.07 Å². The molecule has 2 aromatic carbocycles. The molecule has 0 aliphatic heterocycles. The molecule has 0 radical (unpaired) electrons. The highest BCUT2D eigenvalue weighted by atomic mass is 19.4. The molecule has 6 heteroatoms. The summed E-state index contributed by atoms with van der Waals surface area (Å²) in [5, 5.41) is 0.404. The van der Waals surface area contributed by atoms with Crippen LogP contribution < -0.4 is 5.56 Å². The van der Waals surface area contributed by atoms with Crippen molar-refractivity contribution in [1.82, 2.24) is 9.97 Å². The van der Waals surface area contributed by atoms with Gasteiger partial charge in [0.05, 0.1) is 16.5 Å². The van der Waals surface area contributed by atoms with Crippen LogP contribution in [0.25, 0.3) is 22.0 Å². The van der Waals surface area contributed by atoms with Gasteiger partial charge in [0.25, 0.3) is 5.56 Å². The standard InChI is InChI=1S/C16H11F3N2O/c1-9-20-14-8-11(5-6-13(14)15(22)21-9)10-3-2-4-12(7-10)16(17,18)19/h2-8H,1H3,(H,20,21,22). The number of nitrogens with zero attached hydrogens (tertiary/aromatic N) is 1. The first-order valence-corrected chi connectivity index (χ1v) is 6.53. The van der Waals surface area contributed by atoms with Crippen LogP contribution in [0.15, 0.2) is 47.3 Å². The van der Waals surface area contributed by atoms with Crippen molar-refractivity contribution in [3.8, 4) is 11.1 Å². The first kappa shape index (κ1) is 14.3. The summed E-state index contributed by atoms with van der Waals surface area (Å²) in [7, 11) is 0. The van der Waals surface area contributed by atoms with Gasteiger partial charge >= 0.3 is 6.18 Å². The van der Waals surface area contributed by atoms with E-state index in [0.717, 1.165) is 12.1 Å². The molecule has 0 unspecified atom stereocenters. The molecule has 1 N–H and O–H groups in total. The molecule has 3 aromatic rings. The van der Waals surface area contributed by atoms with Gasteiger partial charge in [0.1, 0.15) is 5.82 Å². The van der Waals surface area contributed by atoms with Crippen molar-refractivity contribution in [3.63, 3.8) is 0 Å². The van der Waals surface area contributed by atoms with Crippen LogP contribution in [0.1, 0.15) is 11.4 Å². The van der Waals surface area contributed by atoms with Gasteiger partial charge in [0.15, 0.2) is 0 Å². The van der Waals surface area contributed by atoms with Crippen molar-refractivity contribution in [2.24, 2.45) is 0 Å². The molecule has 0 aliphatic rings. The van der Waals surface area contributed by atoms with Crippen LogP contribution in [-0.2, 0) is 6.18 Å². The number of halogens is 3. The van der Waals surface area contributed by atoms with Crippen molar-refractivity contribution in [2.45, 2.75) is 13.1 Å². The maximum Gasteiger partial charge on any atom is 0.416 e. The molecule has 0 spiro atoms. The van der Waals surface area contributed by atoms with Gasteiger partial charge in [-0.15, -0.1) is 0 Å². The van der Waals surface area contributed by atoms with Gasteiger partial charge in [-0.25, -0.2) is 4.98 Å². The number of hydrogen-bond acceptors (Lipinski definition) is 2. The van der Waals surface area contributed by atoms with E-state index in [1.807, 2.05) is 0 Å². The maximum atomic E-state index is 12.8. The predicted molar refractivity (Wildman–Crippen MR) is 77.5 cm³/mol. The summed E-state index contributed by atoms with van der Waals surface area (Å²) in [6.07, 6.45) is -4.39. The second-order valence-electron chi connectivity index (χ2n) is 4.96. The minimum atomic E-state index is -4.39. The first-order chi connectivity index (χ1) is 10.3. The monoisotopic (exact) mass is 304 g/mol. The van der Waals surface area contributed by atoms with E-state index >= 15 is 0 Å². The molecule has 1 heterocycles. The van der Waals surface area contributed by atoms with Crippen molar-refractivity contribution in [3.05, 3.63) is 64.2 Å². The Balaban J connectivity index is 2.17. The van der Waals surface area contributed by atoms with Crippen molar-refractivity contribution in [2.75, 3.05) is 0 Å². The summed E-state index contributed by atoms with van der Waals surface area (Å²) in [6, 6.07) is 9.86. The summed E-state index contributed by atoms with van der Waals surface area (Å²) in [6.45, 7) is 1.65. The number of H-pyrrole nitrogens is 1. The Bertz CT molecular complexity index is 913. The molecule has 0 fully saturated rings. The molecule has 1 aromatic heterocycles. The molecule has 22 heavy (non-hydrogen) atoms. The Kier molecular flexibility index (Phi) is 3.24. The SMILES string of the molecule is Cc1nc2cc(-c3cccc(C(F)(F)F)c3)ccc2c(=O)[nH]1. The summed E-state index contributed by atoms with van der Waals surface area (Å²) in [4.78, 5) is 18.6. The maximum absolute atomic E-state index is 12.8. The van der Waals surface area contributed by atoms with Gasteiger partial charge in [0, 0.05) is 0 Å². The fraction of sp³-hybridized carbons (Fsp3) is 0.125. The minimum absolute atomic E-state index is 0.266. The number of aromatic amines is 1. The number of rotatable bonds is 1. The molecule has 112 valence electrons. The van der Waals surface area contributed by atoms with Gasteiger partial charge in [-0.05, 0) is 42.3 Å². The van der Waals surface area contributed by atoms with Crippen LogP contribution in [0.3, 0.4) is 0 Å². The Morgan fingerprint density at radius 1 is 1.05 bits per heavy atom. The molecule has 0 aliphatic carbocycles. The fourth-order valence-corrected chi connectivity index (χ4v) is 2.31. The third kappa shape index (κ3) is 2.59. The highest BCUT2D eigenvalue weighted by molar-refractivity contribution is 5.83. The van der Waals surface area contributed by atoms with Gasteiger partial charge in [0.2, 0.25) is 0 Å². The second kappa shape index (κ2) is 4.98. The number of benzene rings is 2. The third-order valence-corrected chi connectivity index (χ3v) is 3.35. The van der Waals surface area contributed by atoms with E-state index in [2.05, 4.69) is 9.97 Å². The Morgan fingerprint density at radius 3 is 2.50 bits per heavy atom. The smallest absolute Gasteiger partial charge is 0.310 e. The number of aromatic nitrogens is 2. The van der Waals surface area contributed by atoms with E-state index in [9.17, 15) is 18.0 Å². The van der Waals surface area contributed by atoms with Crippen molar-refractivity contribution < 1.29 is 13.2 Å². The van der Waals surface area contributed by atoms with Crippen LogP contribution in [0.5, 0.6) is 0 Å². The average Bonchev–Trinajstić information content (AvgIpc) is 2.45. The van der Waals surface area contributed by atoms with E-state index in [0.29, 0.717) is 27.9 Å². The zero-order valence-electron chi connectivity index (χ0n) is 11.5. The summed E-state index contributed by atoms with van der Waals surface area (Å²) in [5.41, 5.74) is 0.488. The number of fused-ring (bicyclic) bond motifs is 1. The van der Waals surface area contributed by atoms with E-state index in [4.69, 9.17) is 0 Å². The predicted octanol–water partition coefficient (Wildman–Crippen LogP) is 3.92. The highest BCUT2D eigenvalue weighted by Gasteiger charge is 2.30. The van der Waals surface area contributed by atoms with Gasteiger partial charge in [-0.1, -0.05) is 18.2 Å². The molecule has 0 saturated heterocycles. The second-order valence-corrected chi connectivity index (χ2v) is 4.96. The van der Waals surface area contributed by atoms with Gasteiger partial charge in [-0.2, -0.15) is 13.2 Å². The Labute approximate surface area is 123 Å². The summed E-state index contributed by atoms with van der Waals surface area (Å²) in [5.74, 6) is 0.457. The lowest BCUT2D eigenvalue weighted by molar-refractivity contribution is -0.137. The zero-order chi connectivity index (χ0) is 15.9. The van der Waals surface area contributed by atoms with E-state index in [1.54, 1.807) is 31.2 Å². The van der Waals surface area contributed by atoms with E-state index in [-0.39, 0.29) is 5.56 Å². The largest absolute Gasteiger partial charge is 0.416 e. The molecule has 0 saturated carbocycles. The van der Waals surface area contributed by atoms with E-state index < -0.39 is 11.7 Å². The molecule has 3 nitrogen and oxygen atoms in total. The zero-order valence-corrected chi connectivity index (χ0v) is 11.5. The molecular formula is C16H11F3N2O. The quantitative estimate of drug-likeness (QED) is 0.740. The fourth-order valence-electron chi connectivity index (χ4n) is 2.31. The highest BCUT2D eigenvalue weighted by Crippen LogP contribution is 2.32. The first-order valence-electron chi connectivity index (χ1n) is 6.53. The van der Waals surface area contributed by atoms with Gasteiger partial charge < -0.3 is 4.98 Å². The lowest BCUT2D eigenvalue weighted by atomic mass is 10.0. The van der Waals surface area contributed by atoms with Crippen molar-refractivity contribution >= 4 is 10.9 Å². The van der Waals surface area contributed by atoms with Crippen LogP contribution in [0.2, 0.25) is 0 Å². The lowest BCUT2D eigenvalue weighted by Gasteiger charge is -2.09. The van der Waals surface area contributed by atoms with Crippen LogP contribution in [-0.4, -0.2) is 9.97 Å². The topological polar surface area (TPSA) is 45.8 Å². The van der Waals surface area contributed by atoms with Crippen LogP contribution >= 0.6 is 0 Å². The molecule has 0 bridgehead atoms. The summed E-state index contributed by atoms with van der Waals surface area (Å²) >= 11 is 0. The van der Waals surface area contributed by atoms with Crippen molar-refractivity contribution in [1.29, 1.82) is 0 Å². The summed E-state index contributed by atoms with van der Waals surface area (Å²) < 4.78 is 38.4. The number of nitrogens with one attached hydrogen (secondary N) is 1. The molecule has 0 amide bonds. The average molecular weight is 304 g/mol. The Morgan fingerprint density at radius 2 is 1.77 bits per heavy atom. The van der Waals surface area contributed by atoms with Crippen LogP contribution in [0.4, 0.5) is 13.2 Å². The minimum Gasteiger partial charge on any atom is -0.310 e. The molecule has 0 atom stereocenters. The van der Waals surface area contributed by atoms with Crippen LogP contribution in [0, 0.1) is 6.92 Å². The molecule has 3 rings (SSSR count). The Hall–Kier alpha value is -2.63.